The van der Waals surface area contributed by atoms with Crippen molar-refractivity contribution in [2.45, 2.75) is 33.2 Å². The van der Waals surface area contributed by atoms with E-state index in [0.29, 0.717) is 6.42 Å². The molecule has 3 N–H and O–H groups in total. The maximum Gasteiger partial charge on any atom is 0.321 e. The third kappa shape index (κ3) is 6.50. The zero-order valence-electron chi connectivity index (χ0n) is 11.3. The summed E-state index contributed by atoms with van der Waals surface area (Å²) in [5.41, 5.74) is 0. The second-order valence-corrected chi connectivity index (χ2v) is 5.72. The minimum atomic E-state index is -3.88. The van der Waals surface area contributed by atoms with E-state index < -0.39 is 22.2 Å². The van der Waals surface area contributed by atoms with Crippen molar-refractivity contribution in [3.05, 3.63) is 0 Å². The number of rotatable bonds is 9. The van der Waals surface area contributed by atoms with E-state index in [4.69, 9.17) is 5.11 Å². The lowest BCUT2D eigenvalue weighted by molar-refractivity contribution is -0.140. The highest BCUT2D eigenvalue weighted by atomic mass is 32.2. The van der Waals surface area contributed by atoms with Crippen LogP contribution in [0.2, 0.25) is 0 Å². The lowest BCUT2D eigenvalue weighted by atomic mass is 10.3. The molecule has 0 aromatic rings. The average molecular weight is 295 g/mol. The number of carbonyl (C=O) groups is 2. The molecule has 9 heteroatoms. The van der Waals surface area contributed by atoms with Crippen molar-refractivity contribution in [3.63, 3.8) is 0 Å². The van der Waals surface area contributed by atoms with Crippen LogP contribution in [-0.4, -0.2) is 55.4 Å². The van der Waals surface area contributed by atoms with Gasteiger partial charge in [-0.25, -0.2) is 4.72 Å². The summed E-state index contributed by atoms with van der Waals surface area (Å²) in [5, 5.41) is 11.4. The van der Waals surface area contributed by atoms with Gasteiger partial charge in [-0.05, 0) is 13.3 Å². The van der Waals surface area contributed by atoms with Gasteiger partial charge in [-0.3, -0.25) is 9.59 Å². The molecule has 0 aromatic carbocycles. The minimum absolute atomic E-state index is 0.0555. The highest BCUT2D eigenvalue weighted by molar-refractivity contribution is 7.87. The van der Waals surface area contributed by atoms with Crippen LogP contribution >= 0.6 is 0 Å². The largest absolute Gasteiger partial charge is 0.480 e. The van der Waals surface area contributed by atoms with Gasteiger partial charge in [0.1, 0.15) is 6.04 Å². The molecule has 1 amide bonds. The number of amides is 1. The highest BCUT2D eigenvalue weighted by Crippen LogP contribution is 2.05. The monoisotopic (exact) mass is 295 g/mol. The van der Waals surface area contributed by atoms with Gasteiger partial charge in [0.25, 0.3) is 10.2 Å². The topological polar surface area (TPSA) is 116 Å². The van der Waals surface area contributed by atoms with Gasteiger partial charge in [-0.2, -0.15) is 12.7 Å². The predicted octanol–water partition coefficient (Wildman–Crippen LogP) is -0.858. The maximum atomic E-state index is 12.0. The predicted molar refractivity (Wildman–Crippen MR) is 69.7 cm³/mol. The lowest BCUT2D eigenvalue weighted by Crippen LogP contribution is -2.51. The van der Waals surface area contributed by atoms with Gasteiger partial charge in [-0.15, -0.1) is 0 Å². The van der Waals surface area contributed by atoms with Crippen LogP contribution in [0.1, 0.15) is 27.2 Å². The number of carboxylic acid groups (broad SMARTS) is 1. The standard InChI is InChI=1S/C10H21N3O5S/c1-4-5-12-19(17,18)13(8(2)10(15)16)7-6-11-9(3)14/h8,12H,4-7H2,1-3H3,(H,11,14)(H,15,16). The molecule has 1 unspecified atom stereocenters. The Morgan fingerprint density at radius 3 is 2.32 bits per heavy atom. The van der Waals surface area contributed by atoms with Crippen molar-refractivity contribution in [3.8, 4) is 0 Å². The molecule has 8 nitrogen and oxygen atoms in total. The fourth-order valence-corrected chi connectivity index (χ4v) is 2.77. The van der Waals surface area contributed by atoms with Crippen LogP contribution in [0.4, 0.5) is 0 Å². The second-order valence-electron chi connectivity index (χ2n) is 4.01. The molecule has 0 spiro atoms. The first-order valence-electron chi connectivity index (χ1n) is 5.96. The fourth-order valence-electron chi connectivity index (χ4n) is 1.30. The molecule has 112 valence electrons. The molecule has 0 bridgehead atoms. The van der Waals surface area contributed by atoms with Crippen molar-refractivity contribution in [2.75, 3.05) is 19.6 Å². The van der Waals surface area contributed by atoms with Crippen molar-refractivity contribution < 1.29 is 23.1 Å². The first kappa shape index (κ1) is 17.8. The van der Waals surface area contributed by atoms with E-state index in [0.717, 1.165) is 4.31 Å². The molecule has 0 aliphatic rings. The van der Waals surface area contributed by atoms with E-state index in [2.05, 4.69) is 10.0 Å². The molecular formula is C10H21N3O5S. The second kappa shape index (κ2) is 8.08. The quantitative estimate of drug-likeness (QED) is 0.512. The Kier molecular flexibility index (Phi) is 7.57. The first-order valence-corrected chi connectivity index (χ1v) is 7.40. The summed E-state index contributed by atoms with van der Waals surface area (Å²) in [6.07, 6.45) is 0.597. The van der Waals surface area contributed by atoms with E-state index >= 15 is 0 Å². The molecule has 0 aliphatic carbocycles. The Bertz CT molecular complexity index is 409. The first-order chi connectivity index (χ1) is 8.72. The minimum Gasteiger partial charge on any atom is -0.480 e. The highest BCUT2D eigenvalue weighted by Gasteiger charge is 2.30. The summed E-state index contributed by atoms with van der Waals surface area (Å²) in [7, 11) is -3.88. The van der Waals surface area contributed by atoms with Gasteiger partial charge in [0.2, 0.25) is 5.91 Å². The summed E-state index contributed by atoms with van der Waals surface area (Å²) in [5.74, 6) is -1.55. The molecular weight excluding hydrogens is 274 g/mol. The zero-order chi connectivity index (χ0) is 15.1. The molecule has 0 rings (SSSR count). The molecule has 0 heterocycles. The normalized spacial score (nSPS) is 13.3. The molecule has 0 aliphatic heterocycles. The third-order valence-electron chi connectivity index (χ3n) is 2.34. The Labute approximate surface area is 113 Å². The van der Waals surface area contributed by atoms with Gasteiger partial charge in [0.15, 0.2) is 0 Å². The number of aliphatic carboxylic acids is 1. The summed E-state index contributed by atoms with van der Waals surface area (Å²) in [6, 6.07) is -1.21. The number of hydrogen-bond donors (Lipinski definition) is 3. The molecule has 0 aromatic heterocycles. The van der Waals surface area contributed by atoms with Crippen LogP contribution in [0.25, 0.3) is 0 Å². The summed E-state index contributed by atoms with van der Waals surface area (Å²) in [6.45, 7) is 4.55. The Balaban J connectivity index is 4.84. The van der Waals surface area contributed by atoms with Crippen LogP contribution in [0.15, 0.2) is 0 Å². The van der Waals surface area contributed by atoms with Gasteiger partial charge >= 0.3 is 5.97 Å². The average Bonchev–Trinajstić information content (AvgIpc) is 2.30. The molecule has 1 atom stereocenters. The van der Waals surface area contributed by atoms with Crippen LogP contribution in [0, 0.1) is 0 Å². The SMILES string of the molecule is CCCNS(=O)(=O)N(CCNC(C)=O)C(C)C(=O)O. The molecule has 0 saturated heterocycles. The molecule has 0 saturated carbocycles. The molecule has 19 heavy (non-hydrogen) atoms. The van der Waals surface area contributed by atoms with E-state index in [1.54, 1.807) is 6.92 Å². The van der Waals surface area contributed by atoms with Crippen LogP contribution in [0.5, 0.6) is 0 Å². The van der Waals surface area contributed by atoms with E-state index in [9.17, 15) is 18.0 Å². The molecule has 0 radical (unpaired) electrons. The number of nitrogens with one attached hydrogen (secondary N) is 2. The molecule has 0 fully saturated rings. The Morgan fingerprint density at radius 1 is 1.32 bits per heavy atom. The maximum absolute atomic E-state index is 12.0. The van der Waals surface area contributed by atoms with Crippen molar-refractivity contribution in [1.82, 2.24) is 14.3 Å². The van der Waals surface area contributed by atoms with Gasteiger partial charge in [0.05, 0.1) is 0 Å². The number of nitrogens with zero attached hydrogens (tertiary/aromatic N) is 1. The van der Waals surface area contributed by atoms with E-state index in [-0.39, 0.29) is 25.5 Å². The smallest absolute Gasteiger partial charge is 0.321 e. The van der Waals surface area contributed by atoms with E-state index in [1.807, 2.05) is 0 Å². The zero-order valence-corrected chi connectivity index (χ0v) is 12.2. The summed E-state index contributed by atoms with van der Waals surface area (Å²) in [4.78, 5) is 21.7. The number of carbonyl (C=O) groups excluding carboxylic acids is 1. The van der Waals surface area contributed by atoms with Crippen molar-refractivity contribution in [2.24, 2.45) is 0 Å². The number of carboxylic acids is 1. The van der Waals surface area contributed by atoms with Gasteiger partial charge < -0.3 is 10.4 Å². The Morgan fingerprint density at radius 2 is 1.89 bits per heavy atom. The van der Waals surface area contributed by atoms with Crippen molar-refractivity contribution >= 4 is 22.1 Å². The van der Waals surface area contributed by atoms with Crippen LogP contribution in [-0.2, 0) is 19.8 Å². The fraction of sp³-hybridized carbons (Fsp3) is 0.800. The van der Waals surface area contributed by atoms with Gasteiger partial charge in [0, 0.05) is 26.6 Å². The van der Waals surface area contributed by atoms with Gasteiger partial charge in [-0.1, -0.05) is 6.92 Å². The van der Waals surface area contributed by atoms with Crippen LogP contribution < -0.4 is 10.0 Å². The Hall–Kier alpha value is -1.19. The van der Waals surface area contributed by atoms with Crippen LogP contribution in [0.3, 0.4) is 0 Å². The lowest BCUT2D eigenvalue weighted by Gasteiger charge is -2.25. The third-order valence-corrected chi connectivity index (χ3v) is 4.02. The summed E-state index contributed by atoms with van der Waals surface area (Å²) >= 11 is 0. The van der Waals surface area contributed by atoms with E-state index in [1.165, 1.54) is 13.8 Å². The number of hydrogen-bond acceptors (Lipinski definition) is 4. The van der Waals surface area contributed by atoms with Crippen molar-refractivity contribution in [1.29, 1.82) is 0 Å². The summed E-state index contributed by atoms with van der Waals surface area (Å²) < 4.78 is 27.0.